The summed E-state index contributed by atoms with van der Waals surface area (Å²) in [5.41, 5.74) is 0.850. The number of carbonyl (C=O) groups excluding carboxylic acids is 2. The number of hydrogen-bond acceptors (Lipinski definition) is 2. The first-order valence-corrected chi connectivity index (χ1v) is 10.9. The first-order valence-electron chi connectivity index (χ1n) is 10.5. The molecular formula is C25H18ClF5N2O2. The Hall–Kier alpha value is -3.46. The maximum Gasteiger partial charge on any atom is 0.419 e. The second-order valence-electron chi connectivity index (χ2n) is 8.08. The van der Waals surface area contributed by atoms with E-state index in [0.29, 0.717) is 36.3 Å². The van der Waals surface area contributed by atoms with Crippen molar-refractivity contribution >= 4 is 29.1 Å². The molecule has 3 aromatic carbocycles. The first kappa shape index (κ1) is 24.7. The molecule has 182 valence electrons. The van der Waals surface area contributed by atoms with Gasteiger partial charge in [0.05, 0.1) is 22.7 Å². The fraction of sp³-hybridized carbons (Fsp3) is 0.200. The van der Waals surface area contributed by atoms with E-state index in [2.05, 4.69) is 5.32 Å². The van der Waals surface area contributed by atoms with Crippen LogP contribution in [0.15, 0.2) is 54.6 Å². The third-order valence-corrected chi connectivity index (χ3v) is 6.01. The summed E-state index contributed by atoms with van der Waals surface area (Å²) >= 11 is 6.30. The molecule has 1 aliphatic heterocycles. The van der Waals surface area contributed by atoms with Crippen LogP contribution < -0.4 is 5.32 Å². The number of hydrogen-bond donors (Lipinski definition) is 1. The lowest BCUT2D eigenvalue weighted by Crippen LogP contribution is -2.36. The second-order valence-corrected chi connectivity index (χ2v) is 8.49. The predicted molar refractivity (Wildman–Crippen MR) is 120 cm³/mol. The van der Waals surface area contributed by atoms with E-state index in [0.717, 1.165) is 17.2 Å². The highest BCUT2D eigenvalue weighted by atomic mass is 35.5. The molecule has 3 aromatic rings. The fourth-order valence-corrected chi connectivity index (χ4v) is 4.20. The summed E-state index contributed by atoms with van der Waals surface area (Å²) in [5, 5.41) is 2.93. The van der Waals surface area contributed by atoms with Crippen molar-refractivity contribution in [2.24, 2.45) is 0 Å². The number of alkyl halides is 3. The van der Waals surface area contributed by atoms with Crippen LogP contribution in [-0.2, 0) is 30.4 Å². The number of benzene rings is 3. The molecule has 0 aliphatic carbocycles. The van der Waals surface area contributed by atoms with Gasteiger partial charge in [-0.2, -0.15) is 13.2 Å². The maximum absolute atomic E-state index is 13.8. The van der Waals surface area contributed by atoms with Crippen LogP contribution in [0.25, 0.3) is 0 Å². The Morgan fingerprint density at radius 1 is 1.00 bits per heavy atom. The van der Waals surface area contributed by atoms with E-state index in [4.69, 9.17) is 11.6 Å². The number of nitrogens with one attached hydrogen (secondary N) is 1. The lowest BCUT2D eigenvalue weighted by atomic mass is 9.96. The van der Waals surface area contributed by atoms with E-state index in [-0.39, 0.29) is 29.5 Å². The van der Waals surface area contributed by atoms with Crippen LogP contribution in [0.2, 0.25) is 5.02 Å². The van der Waals surface area contributed by atoms with Gasteiger partial charge in [-0.15, -0.1) is 0 Å². The normalized spacial score (nSPS) is 13.4. The minimum atomic E-state index is -4.83. The lowest BCUT2D eigenvalue weighted by Gasteiger charge is -2.30. The Morgan fingerprint density at radius 3 is 2.37 bits per heavy atom. The molecule has 0 radical (unpaired) electrons. The van der Waals surface area contributed by atoms with Crippen LogP contribution in [0.4, 0.5) is 27.6 Å². The van der Waals surface area contributed by atoms with Crippen LogP contribution in [-0.4, -0.2) is 23.3 Å². The number of amides is 2. The first-order chi connectivity index (χ1) is 16.5. The molecule has 0 saturated heterocycles. The van der Waals surface area contributed by atoms with Gasteiger partial charge in [0.2, 0.25) is 5.91 Å². The SMILES string of the molecule is O=C(Cc1ccc(C(F)(F)F)c(F)c1)Nc1c(Cl)ccc2c1CCN(C(=O)c1ccc(F)cc1)C2. The van der Waals surface area contributed by atoms with Crippen molar-refractivity contribution in [3.05, 3.63) is 99.1 Å². The van der Waals surface area contributed by atoms with Gasteiger partial charge >= 0.3 is 6.18 Å². The van der Waals surface area contributed by atoms with E-state index in [9.17, 15) is 31.5 Å². The van der Waals surface area contributed by atoms with E-state index >= 15 is 0 Å². The van der Waals surface area contributed by atoms with Crippen molar-refractivity contribution in [3.63, 3.8) is 0 Å². The fourth-order valence-electron chi connectivity index (χ4n) is 3.98. The molecule has 4 rings (SSSR count). The highest BCUT2D eigenvalue weighted by Gasteiger charge is 2.34. The lowest BCUT2D eigenvalue weighted by molar-refractivity contribution is -0.140. The standard InChI is InChI=1S/C25H18ClF5N2O2/c26-20-8-4-16-13-33(24(35)15-2-5-17(27)6-3-15)10-9-18(16)23(20)32-22(34)12-14-1-7-19(21(28)11-14)25(29,30)31/h1-8,11H,9-10,12-13H2,(H,32,34). The number of anilines is 1. The summed E-state index contributed by atoms with van der Waals surface area (Å²) in [6, 6.07) is 10.9. The number of halogens is 6. The molecule has 0 saturated carbocycles. The van der Waals surface area contributed by atoms with Crippen LogP contribution in [0.5, 0.6) is 0 Å². The van der Waals surface area contributed by atoms with E-state index in [1.807, 2.05) is 0 Å². The summed E-state index contributed by atoms with van der Waals surface area (Å²) in [7, 11) is 0. The van der Waals surface area contributed by atoms with Gasteiger partial charge in [-0.3, -0.25) is 9.59 Å². The van der Waals surface area contributed by atoms with Gasteiger partial charge in [-0.1, -0.05) is 23.7 Å². The van der Waals surface area contributed by atoms with Gasteiger partial charge in [0, 0.05) is 18.7 Å². The van der Waals surface area contributed by atoms with Gasteiger partial charge in [-0.25, -0.2) is 8.78 Å². The number of fused-ring (bicyclic) bond motifs is 1. The zero-order chi connectivity index (χ0) is 25.3. The van der Waals surface area contributed by atoms with Crippen molar-refractivity contribution in [2.45, 2.75) is 25.6 Å². The van der Waals surface area contributed by atoms with Crippen LogP contribution >= 0.6 is 11.6 Å². The number of rotatable bonds is 4. The van der Waals surface area contributed by atoms with Crippen molar-refractivity contribution < 1.29 is 31.5 Å². The average molecular weight is 509 g/mol. The number of nitrogens with zero attached hydrogens (tertiary/aromatic N) is 1. The zero-order valence-electron chi connectivity index (χ0n) is 18.1. The molecule has 1 heterocycles. The van der Waals surface area contributed by atoms with Gasteiger partial charge in [-0.05, 0) is 65.6 Å². The average Bonchev–Trinajstić information content (AvgIpc) is 2.80. The largest absolute Gasteiger partial charge is 0.419 e. The van der Waals surface area contributed by atoms with Gasteiger partial charge in [0.1, 0.15) is 11.6 Å². The Labute approximate surface area is 202 Å². The molecule has 0 atom stereocenters. The summed E-state index contributed by atoms with van der Waals surface area (Å²) in [5.74, 6) is -2.74. The van der Waals surface area contributed by atoms with Gasteiger partial charge in [0.15, 0.2) is 0 Å². The number of carbonyl (C=O) groups is 2. The Balaban J connectivity index is 1.49. The van der Waals surface area contributed by atoms with E-state index in [1.54, 1.807) is 17.0 Å². The molecule has 35 heavy (non-hydrogen) atoms. The predicted octanol–water partition coefficient (Wildman–Crippen LogP) is 6.02. The molecule has 2 amide bonds. The molecule has 1 aliphatic rings. The molecule has 10 heteroatoms. The summed E-state index contributed by atoms with van der Waals surface area (Å²) in [6.07, 6.45) is -4.80. The molecular weight excluding hydrogens is 491 g/mol. The van der Waals surface area contributed by atoms with Crippen molar-refractivity contribution in [1.29, 1.82) is 0 Å². The third-order valence-electron chi connectivity index (χ3n) is 5.70. The highest BCUT2D eigenvalue weighted by molar-refractivity contribution is 6.34. The zero-order valence-corrected chi connectivity index (χ0v) is 18.8. The van der Waals surface area contributed by atoms with E-state index in [1.165, 1.54) is 24.3 Å². The summed E-state index contributed by atoms with van der Waals surface area (Å²) < 4.78 is 65.3. The Kier molecular flexibility index (Phi) is 6.80. The van der Waals surface area contributed by atoms with E-state index < -0.39 is 29.3 Å². The Bertz CT molecular complexity index is 1290. The highest BCUT2D eigenvalue weighted by Crippen LogP contribution is 2.34. The molecule has 4 nitrogen and oxygen atoms in total. The molecule has 0 aromatic heterocycles. The molecule has 0 spiro atoms. The van der Waals surface area contributed by atoms with Crippen LogP contribution in [0.3, 0.4) is 0 Å². The molecule has 0 bridgehead atoms. The third kappa shape index (κ3) is 5.45. The van der Waals surface area contributed by atoms with Crippen LogP contribution in [0.1, 0.15) is 32.6 Å². The Morgan fingerprint density at radius 2 is 1.71 bits per heavy atom. The summed E-state index contributed by atoms with van der Waals surface area (Å²) in [4.78, 5) is 27.0. The smallest absolute Gasteiger partial charge is 0.334 e. The van der Waals surface area contributed by atoms with Gasteiger partial charge in [0.25, 0.3) is 5.91 Å². The maximum atomic E-state index is 13.8. The molecule has 1 N–H and O–H groups in total. The second kappa shape index (κ2) is 9.65. The minimum Gasteiger partial charge on any atom is -0.334 e. The van der Waals surface area contributed by atoms with Gasteiger partial charge < -0.3 is 10.2 Å². The topological polar surface area (TPSA) is 49.4 Å². The van der Waals surface area contributed by atoms with Crippen molar-refractivity contribution in [2.75, 3.05) is 11.9 Å². The molecule has 0 fully saturated rings. The van der Waals surface area contributed by atoms with Crippen molar-refractivity contribution in [1.82, 2.24) is 4.90 Å². The monoisotopic (exact) mass is 508 g/mol. The van der Waals surface area contributed by atoms with Crippen LogP contribution in [0, 0.1) is 11.6 Å². The quantitative estimate of drug-likeness (QED) is 0.438. The molecule has 0 unspecified atom stereocenters. The van der Waals surface area contributed by atoms with Crippen molar-refractivity contribution in [3.8, 4) is 0 Å². The summed E-state index contributed by atoms with van der Waals surface area (Å²) in [6.45, 7) is 0.576. The minimum absolute atomic E-state index is 0.0741.